The van der Waals surface area contributed by atoms with Crippen LogP contribution in [0.1, 0.15) is 5.56 Å². The number of halogens is 1. The Morgan fingerprint density at radius 2 is 2.18 bits per heavy atom. The molecule has 1 saturated heterocycles. The van der Waals surface area contributed by atoms with E-state index in [-0.39, 0.29) is 0 Å². The molecule has 0 amide bonds. The first-order valence-corrected chi connectivity index (χ1v) is 6.76. The number of aliphatic carboxylic acids is 1. The Hall–Kier alpha value is -0.780. The van der Waals surface area contributed by atoms with Crippen LogP contribution < -0.4 is 0 Å². The molecule has 1 aromatic rings. The highest BCUT2D eigenvalue weighted by Gasteiger charge is 2.34. The lowest BCUT2D eigenvalue weighted by atomic mass is 10.2. The monoisotopic (exact) mass is 287 g/mol. The van der Waals surface area contributed by atoms with Gasteiger partial charge in [0.05, 0.1) is 0 Å². The third-order valence-electron chi connectivity index (χ3n) is 2.53. The van der Waals surface area contributed by atoms with Crippen molar-refractivity contribution in [2.24, 2.45) is 0 Å². The van der Waals surface area contributed by atoms with Crippen molar-refractivity contribution in [3.63, 3.8) is 0 Å². The van der Waals surface area contributed by atoms with E-state index in [0.717, 1.165) is 5.56 Å². The Balaban J connectivity index is 2.13. The van der Waals surface area contributed by atoms with Crippen LogP contribution in [0.15, 0.2) is 24.3 Å². The van der Waals surface area contributed by atoms with Crippen molar-refractivity contribution in [2.45, 2.75) is 12.6 Å². The van der Waals surface area contributed by atoms with Gasteiger partial charge >= 0.3 is 5.97 Å². The lowest BCUT2D eigenvalue weighted by Gasteiger charge is -2.22. The van der Waals surface area contributed by atoms with Gasteiger partial charge in [0.25, 0.3) is 0 Å². The molecule has 0 saturated carbocycles. The summed E-state index contributed by atoms with van der Waals surface area (Å²) in [5.41, 5.74) is 1.01. The van der Waals surface area contributed by atoms with Crippen molar-refractivity contribution in [3.05, 3.63) is 34.9 Å². The third kappa shape index (κ3) is 2.91. The summed E-state index contributed by atoms with van der Waals surface area (Å²) in [6, 6.07) is 6.82. The van der Waals surface area contributed by atoms with Gasteiger partial charge in [-0.3, -0.25) is 0 Å². The molecule has 1 aliphatic rings. The fraction of sp³-hybridized carbons (Fsp3) is 0.273. The summed E-state index contributed by atoms with van der Waals surface area (Å²) in [6.07, 6.45) is 0. The maximum absolute atomic E-state index is 11.1. The molecule has 0 aliphatic carbocycles. The van der Waals surface area contributed by atoms with Crippen molar-refractivity contribution in [3.8, 4) is 0 Å². The van der Waals surface area contributed by atoms with Crippen molar-refractivity contribution < 1.29 is 9.90 Å². The number of carbonyl (C=O) groups is 1. The molecule has 1 aliphatic heterocycles. The minimum absolute atomic E-state index is 0.514. The Labute approximate surface area is 114 Å². The lowest BCUT2D eigenvalue weighted by Crippen LogP contribution is -2.38. The molecular weight excluding hydrogens is 278 g/mol. The van der Waals surface area contributed by atoms with E-state index in [2.05, 4.69) is 0 Å². The number of thioether (sulfide) groups is 1. The Bertz CT molecular complexity index is 449. The highest BCUT2D eigenvalue weighted by Crippen LogP contribution is 2.26. The van der Waals surface area contributed by atoms with Gasteiger partial charge in [-0.1, -0.05) is 47.7 Å². The molecule has 6 heteroatoms. The second kappa shape index (κ2) is 5.25. The number of benzene rings is 1. The van der Waals surface area contributed by atoms with Crippen LogP contribution in [-0.2, 0) is 11.3 Å². The number of thiocarbonyl (C=S) groups is 1. The van der Waals surface area contributed by atoms with Gasteiger partial charge in [-0.25, -0.2) is 4.79 Å². The Morgan fingerprint density at radius 3 is 2.76 bits per heavy atom. The topological polar surface area (TPSA) is 40.5 Å². The van der Waals surface area contributed by atoms with Gasteiger partial charge in [0.15, 0.2) is 0 Å². The zero-order chi connectivity index (χ0) is 12.4. The highest BCUT2D eigenvalue weighted by molar-refractivity contribution is 8.23. The third-order valence-corrected chi connectivity index (χ3v) is 4.33. The summed E-state index contributed by atoms with van der Waals surface area (Å²) in [5, 5.41) is 9.76. The van der Waals surface area contributed by atoms with Crippen LogP contribution >= 0.6 is 35.6 Å². The second-order valence-corrected chi connectivity index (χ2v) is 5.78. The molecule has 0 radical (unpaired) electrons. The summed E-state index contributed by atoms with van der Waals surface area (Å²) < 4.78 is 0.646. The van der Waals surface area contributed by atoms with E-state index in [9.17, 15) is 4.79 Å². The molecule has 0 bridgehead atoms. The molecule has 1 fully saturated rings. The Kier molecular flexibility index (Phi) is 3.91. The van der Waals surface area contributed by atoms with Gasteiger partial charge < -0.3 is 10.0 Å². The fourth-order valence-corrected chi connectivity index (χ4v) is 3.12. The quantitative estimate of drug-likeness (QED) is 0.866. The van der Waals surface area contributed by atoms with Gasteiger partial charge in [0, 0.05) is 17.3 Å². The van der Waals surface area contributed by atoms with Crippen LogP contribution in [0.25, 0.3) is 0 Å². The first-order chi connectivity index (χ1) is 8.08. The van der Waals surface area contributed by atoms with Gasteiger partial charge in [-0.05, 0) is 17.7 Å². The molecule has 1 N–H and O–H groups in total. The van der Waals surface area contributed by atoms with Gasteiger partial charge in [-0.15, -0.1) is 0 Å². The van der Waals surface area contributed by atoms with E-state index in [1.165, 1.54) is 11.8 Å². The molecule has 1 unspecified atom stereocenters. The van der Waals surface area contributed by atoms with Crippen molar-refractivity contribution in [1.82, 2.24) is 4.90 Å². The molecule has 17 heavy (non-hydrogen) atoms. The first-order valence-electron chi connectivity index (χ1n) is 4.98. The number of carboxylic acids is 1. The van der Waals surface area contributed by atoms with Gasteiger partial charge in [-0.2, -0.15) is 0 Å². The molecule has 1 aromatic carbocycles. The predicted octanol–water partition coefficient (Wildman–Crippen LogP) is 2.63. The second-order valence-electron chi connectivity index (χ2n) is 3.69. The van der Waals surface area contributed by atoms with Crippen LogP contribution in [0.5, 0.6) is 0 Å². The minimum atomic E-state index is -0.827. The number of hydrogen-bond donors (Lipinski definition) is 1. The summed E-state index contributed by atoms with van der Waals surface area (Å²) in [5.74, 6) is -0.312. The van der Waals surface area contributed by atoms with E-state index in [0.29, 0.717) is 21.6 Å². The molecule has 0 aromatic heterocycles. The zero-order valence-corrected chi connectivity index (χ0v) is 11.2. The van der Waals surface area contributed by atoms with E-state index in [4.69, 9.17) is 28.9 Å². The number of carboxylic acid groups (broad SMARTS) is 1. The van der Waals surface area contributed by atoms with Crippen LogP contribution in [-0.4, -0.2) is 32.1 Å². The summed E-state index contributed by atoms with van der Waals surface area (Å²) in [4.78, 5) is 12.8. The largest absolute Gasteiger partial charge is 0.480 e. The van der Waals surface area contributed by atoms with E-state index in [1.807, 2.05) is 12.1 Å². The maximum atomic E-state index is 11.1. The highest BCUT2D eigenvalue weighted by atomic mass is 35.5. The molecule has 3 nitrogen and oxygen atoms in total. The average Bonchev–Trinajstić information content (AvgIpc) is 2.64. The molecule has 90 valence electrons. The molecule has 1 heterocycles. The lowest BCUT2D eigenvalue weighted by molar-refractivity contribution is -0.140. The van der Waals surface area contributed by atoms with Crippen molar-refractivity contribution in [1.29, 1.82) is 0 Å². The molecule has 0 spiro atoms. The van der Waals surface area contributed by atoms with Crippen LogP contribution in [0.4, 0.5) is 0 Å². The molecular formula is C11H10ClNO2S2. The maximum Gasteiger partial charge on any atom is 0.327 e. The number of hydrogen-bond acceptors (Lipinski definition) is 3. The normalized spacial score (nSPS) is 19.7. The van der Waals surface area contributed by atoms with E-state index >= 15 is 0 Å². The SMILES string of the molecule is O=C(O)C1CSC(=S)N1Cc1ccc(Cl)cc1. The fourth-order valence-electron chi connectivity index (χ4n) is 1.62. The zero-order valence-electron chi connectivity index (χ0n) is 8.80. The van der Waals surface area contributed by atoms with Crippen molar-refractivity contribution >= 4 is 45.9 Å². The summed E-state index contributed by atoms with van der Waals surface area (Å²) in [6.45, 7) is 0.514. The Morgan fingerprint density at radius 1 is 1.53 bits per heavy atom. The summed E-state index contributed by atoms with van der Waals surface area (Å²) >= 11 is 12.4. The van der Waals surface area contributed by atoms with Crippen LogP contribution in [0, 0.1) is 0 Å². The van der Waals surface area contributed by atoms with E-state index < -0.39 is 12.0 Å². The predicted molar refractivity (Wildman–Crippen MR) is 73.5 cm³/mol. The first kappa shape index (κ1) is 12.7. The standard InChI is InChI=1S/C11H10ClNO2S2/c12-8-3-1-7(2-4-8)5-13-9(10(14)15)6-17-11(13)16/h1-4,9H,5-6H2,(H,14,15). The van der Waals surface area contributed by atoms with Crippen LogP contribution in [0.2, 0.25) is 5.02 Å². The average molecular weight is 288 g/mol. The minimum Gasteiger partial charge on any atom is -0.480 e. The smallest absolute Gasteiger partial charge is 0.327 e. The molecule has 1 atom stereocenters. The number of nitrogens with zero attached hydrogens (tertiary/aromatic N) is 1. The summed E-state index contributed by atoms with van der Waals surface area (Å²) in [7, 11) is 0. The number of rotatable bonds is 3. The molecule has 2 rings (SSSR count). The van der Waals surface area contributed by atoms with Crippen molar-refractivity contribution in [2.75, 3.05) is 5.75 Å². The van der Waals surface area contributed by atoms with Gasteiger partial charge in [0.2, 0.25) is 0 Å². The van der Waals surface area contributed by atoms with E-state index in [1.54, 1.807) is 17.0 Å². The van der Waals surface area contributed by atoms with Crippen LogP contribution in [0.3, 0.4) is 0 Å². The van der Waals surface area contributed by atoms with Gasteiger partial charge in [0.1, 0.15) is 10.4 Å².